The number of nitrogens with one attached hydrogen (secondary N) is 2. The number of hydrogen-bond donors (Lipinski definition) is 2. The quantitative estimate of drug-likeness (QED) is 0.764. The molecule has 1 aromatic heterocycles. The number of carbonyl (C=O) groups is 1. The molecule has 1 fully saturated rings. The van der Waals surface area contributed by atoms with E-state index < -0.39 is 0 Å². The van der Waals surface area contributed by atoms with Gasteiger partial charge in [-0.2, -0.15) is 0 Å². The molecular weight excluding hydrogens is 385 g/mol. The van der Waals surface area contributed by atoms with Crippen LogP contribution in [-0.2, 0) is 4.79 Å². The molecule has 0 radical (unpaired) electrons. The maximum absolute atomic E-state index is 12.4. The van der Waals surface area contributed by atoms with Crippen LogP contribution in [0.25, 0.3) is 0 Å². The molecule has 0 atom stereocenters. The Morgan fingerprint density at radius 2 is 1.80 bits per heavy atom. The molecule has 0 spiro atoms. The van der Waals surface area contributed by atoms with Crippen molar-refractivity contribution < 1.29 is 4.79 Å². The Balaban J connectivity index is 1.53. The molecule has 3 rings (SSSR count). The van der Waals surface area contributed by atoms with E-state index in [2.05, 4.69) is 25.7 Å². The Hall–Kier alpha value is -1.76. The number of hydrazine groups is 1. The van der Waals surface area contributed by atoms with Crippen molar-refractivity contribution in [3.8, 4) is 0 Å². The van der Waals surface area contributed by atoms with Crippen molar-refractivity contribution in [2.75, 3.05) is 23.4 Å². The van der Waals surface area contributed by atoms with Gasteiger partial charge in [-0.15, -0.1) is 0 Å². The summed E-state index contributed by atoms with van der Waals surface area (Å²) in [4.78, 5) is 22.9. The second-order valence-electron chi connectivity index (χ2n) is 5.68. The molecule has 1 aliphatic heterocycles. The van der Waals surface area contributed by atoms with E-state index in [0.717, 1.165) is 31.7 Å². The maximum atomic E-state index is 12.4. The Morgan fingerprint density at radius 1 is 1.12 bits per heavy atom. The number of hydrogen-bond acceptors (Lipinski definition) is 5. The molecule has 1 aliphatic rings. The Morgan fingerprint density at radius 3 is 2.40 bits per heavy atom. The summed E-state index contributed by atoms with van der Waals surface area (Å²) in [7, 11) is 0. The van der Waals surface area contributed by atoms with Crippen LogP contribution in [-0.4, -0.2) is 29.0 Å². The third-order valence-corrected chi connectivity index (χ3v) is 4.87. The molecule has 1 saturated heterocycles. The minimum Gasteiger partial charge on any atom is -0.355 e. The van der Waals surface area contributed by atoms with Crippen molar-refractivity contribution in [2.45, 2.75) is 12.8 Å². The SMILES string of the molecule is O=C(NNc1c(Cl)cc(Cl)cc1Cl)C1CCN(c2cnccn2)CC1. The van der Waals surface area contributed by atoms with Gasteiger partial charge in [-0.05, 0) is 25.0 Å². The van der Waals surface area contributed by atoms with Crippen molar-refractivity contribution in [2.24, 2.45) is 5.92 Å². The van der Waals surface area contributed by atoms with Gasteiger partial charge >= 0.3 is 0 Å². The minimum atomic E-state index is -0.0964. The number of piperidine rings is 1. The van der Waals surface area contributed by atoms with Gasteiger partial charge in [0, 0.05) is 36.4 Å². The molecule has 2 N–H and O–H groups in total. The van der Waals surface area contributed by atoms with Crippen molar-refractivity contribution in [3.05, 3.63) is 45.8 Å². The van der Waals surface area contributed by atoms with Gasteiger partial charge in [-0.3, -0.25) is 20.6 Å². The fourth-order valence-electron chi connectivity index (χ4n) is 2.71. The van der Waals surface area contributed by atoms with Crippen LogP contribution in [0.1, 0.15) is 12.8 Å². The molecule has 9 heteroatoms. The molecule has 25 heavy (non-hydrogen) atoms. The van der Waals surface area contributed by atoms with Crippen molar-refractivity contribution in [1.82, 2.24) is 15.4 Å². The number of amides is 1. The van der Waals surface area contributed by atoms with E-state index in [1.54, 1.807) is 30.7 Å². The van der Waals surface area contributed by atoms with Gasteiger partial charge in [0.15, 0.2) is 0 Å². The van der Waals surface area contributed by atoms with Crippen molar-refractivity contribution >= 4 is 52.2 Å². The summed E-state index contributed by atoms with van der Waals surface area (Å²) < 4.78 is 0. The highest BCUT2D eigenvalue weighted by atomic mass is 35.5. The van der Waals surface area contributed by atoms with Crippen LogP contribution in [0.15, 0.2) is 30.7 Å². The molecule has 0 aliphatic carbocycles. The number of halogens is 3. The van der Waals surface area contributed by atoms with Crippen LogP contribution in [0, 0.1) is 5.92 Å². The Bertz CT molecular complexity index is 728. The molecule has 6 nitrogen and oxygen atoms in total. The summed E-state index contributed by atoms with van der Waals surface area (Å²) in [5.74, 6) is 0.644. The van der Waals surface area contributed by atoms with Gasteiger partial charge in [0.25, 0.3) is 0 Å². The van der Waals surface area contributed by atoms with Crippen LogP contribution < -0.4 is 15.8 Å². The normalized spacial score (nSPS) is 15.1. The van der Waals surface area contributed by atoms with Gasteiger partial charge in [-0.1, -0.05) is 34.8 Å². The third-order valence-electron chi connectivity index (χ3n) is 4.06. The smallest absolute Gasteiger partial charge is 0.241 e. The van der Waals surface area contributed by atoms with Gasteiger partial charge in [0.2, 0.25) is 5.91 Å². The first-order valence-corrected chi connectivity index (χ1v) is 8.89. The zero-order chi connectivity index (χ0) is 17.8. The highest BCUT2D eigenvalue weighted by Crippen LogP contribution is 2.33. The number of nitrogens with zero attached hydrogens (tertiary/aromatic N) is 3. The number of benzene rings is 1. The highest BCUT2D eigenvalue weighted by molar-refractivity contribution is 6.41. The molecular formula is C16H16Cl3N5O. The number of anilines is 2. The second kappa shape index (κ2) is 8.08. The summed E-state index contributed by atoms with van der Waals surface area (Å²) in [5.41, 5.74) is 5.90. The topological polar surface area (TPSA) is 70.2 Å². The highest BCUT2D eigenvalue weighted by Gasteiger charge is 2.25. The summed E-state index contributed by atoms with van der Waals surface area (Å²) >= 11 is 18.1. The van der Waals surface area contributed by atoms with Crippen LogP contribution in [0.4, 0.5) is 11.5 Å². The van der Waals surface area contributed by atoms with E-state index >= 15 is 0 Å². The van der Waals surface area contributed by atoms with Crippen LogP contribution in [0.3, 0.4) is 0 Å². The average Bonchev–Trinajstić information content (AvgIpc) is 2.61. The maximum Gasteiger partial charge on any atom is 0.241 e. The Labute approximate surface area is 160 Å². The first kappa shape index (κ1) is 18.0. The summed E-state index contributed by atoms with van der Waals surface area (Å²) in [6.07, 6.45) is 6.49. The molecule has 0 unspecified atom stereocenters. The van der Waals surface area contributed by atoms with Crippen molar-refractivity contribution in [1.29, 1.82) is 0 Å². The molecule has 0 saturated carbocycles. The van der Waals surface area contributed by atoms with Crippen molar-refractivity contribution in [3.63, 3.8) is 0 Å². The number of rotatable bonds is 4. The van der Waals surface area contributed by atoms with Gasteiger partial charge in [-0.25, -0.2) is 4.98 Å². The predicted octanol–water partition coefficient (Wildman–Crippen LogP) is 3.80. The van der Waals surface area contributed by atoms with E-state index in [1.807, 2.05) is 0 Å². The van der Waals surface area contributed by atoms with Gasteiger partial charge in [0.05, 0.1) is 21.9 Å². The zero-order valence-electron chi connectivity index (χ0n) is 13.2. The van der Waals surface area contributed by atoms with Gasteiger partial charge < -0.3 is 4.90 Å². The second-order valence-corrected chi connectivity index (χ2v) is 6.93. The third kappa shape index (κ3) is 4.45. The van der Waals surface area contributed by atoms with E-state index in [-0.39, 0.29) is 11.8 Å². The fraction of sp³-hybridized carbons (Fsp3) is 0.312. The summed E-state index contributed by atoms with van der Waals surface area (Å²) in [6, 6.07) is 3.12. The van der Waals surface area contributed by atoms with Gasteiger partial charge in [0.1, 0.15) is 5.82 Å². The lowest BCUT2D eigenvalue weighted by molar-refractivity contribution is -0.125. The Kier molecular flexibility index (Phi) is 5.83. The zero-order valence-corrected chi connectivity index (χ0v) is 15.4. The van der Waals surface area contributed by atoms with E-state index in [9.17, 15) is 4.79 Å². The molecule has 2 heterocycles. The molecule has 0 bridgehead atoms. The lowest BCUT2D eigenvalue weighted by Crippen LogP contribution is -2.42. The van der Waals surface area contributed by atoms with Crippen LogP contribution in [0.2, 0.25) is 15.1 Å². The lowest BCUT2D eigenvalue weighted by Gasteiger charge is -2.31. The molecule has 132 valence electrons. The summed E-state index contributed by atoms with van der Waals surface area (Å²) in [5, 5.41) is 1.12. The largest absolute Gasteiger partial charge is 0.355 e. The van der Waals surface area contributed by atoms with E-state index in [1.165, 1.54) is 0 Å². The van der Waals surface area contributed by atoms with E-state index in [0.29, 0.717) is 20.8 Å². The van der Waals surface area contributed by atoms with Crippen LogP contribution in [0.5, 0.6) is 0 Å². The van der Waals surface area contributed by atoms with E-state index in [4.69, 9.17) is 34.8 Å². The molecule has 2 aromatic rings. The predicted molar refractivity (Wildman–Crippen MR) is 100 cm³/mol. The number of carbonyl (C=O) groups excluding carboxylic acids is 1. The standard InChI is InChI=1S/C16H16Cl3N5O/c17-11-7-12(18)15(13(19)8-11)22-23-16(25)10-1-5-24(6-2-10)14-9-20-3-4-21-14/h3-4,7-10,22H,1-2,5-6H2,(H,23,25). The average molecular weight is 401 g/mol. The molecule has 1 amide bonds. The number of aromatic nitrogens is 2. The lowest BCUT2D eigenvalue weighted by atomic mass is 9.96. The first-order chi connectivity index (χ1) is 12.0. The first-order valence-electron chi connectivity index (χ1n) is 7.76. The fourth-order valence-corrected chi connectivity index (χ4v) is 3.62. The monoisotopic (exact) mass is 399 g/mol. The van der Waals surface area contributed by atoms with Crippen LogP contribution >= 0.6 is 34.8 Å². The minimum absolute atomic E-state index is 0.0923. The summed E-state index contributed by atoms with van der Waals surface area (Å²) in [6.45, 7) is 1.50. The molecule has 1 aromatic carbocycles.